The summed E-state index contributed by atoms with van der Waals surface area (Å²) in [5.41, 5.74) is -0.0118. The van der Waals surface area contributed by atoms with Gasteiger partial charge in [0, 0.05) is 22.6 Å². The summed E-state index contributed by atoms with van der Waals surface area (Å²) in [6, 6.07) is 6.00. The highest BCUT2D eigenvalue weighted by atomic mass is 35.5. The Balaban J connectivity index is 2.56. The number of hydrogen-bond donors (Lipinski definition) is 0. The van der Waals surface area contributed by atoms with Crippen LogP contribution in [0.5, 0.6) is 0 Å². The summed E-state index contributed by atoms with van der Waals surface area (Å²) in [4.78, 5) is 1.00. The third kappa shape index (κ3) is 3.12. The lowest BCUT2D eigenvalue weighted by atomic mass is 9.92. The average Bonchev–Trinajstić information content (AvgIpc) is 2.30. The van der Waals surface area contributed by atoms with E-state index in [0.717, 1.165) is 16.2 Å². The zero-order chi connectivity index (χ0) is 14.3. The van der Waals surface area contributed by atoms with E-state index in [4.69, 9.17) is 27.6 Å². The second kappa shape index (κ2) is 5.31. The van der Waals surface area contributed by atoms with Crippen LogP contribution in [-0.2, 0) is 10.0 Å². The molecule has 0 saturated heterocycles. The fourth-order valence-corrected chi connectivity index (χ4v) is 5.06. The Morgan fingerprint density at radius 2 is 1.95 bits per heavy atom. The molecule has 19 heavy (non-hydrogen) atoms. The number of rotatable bonds is 2. The summed E-state index contributed by atoms with van der Waals surface area (Å²) < 4.78 is 6.20. The van der Waals surface area contributed by atoms with E-state index in [1.807, 2.05) is 6.07 Å². The fraction of sp³-hybridized carbons (Fsp3) is 0.462. The Morgan fingerprint density at radius 1 is 1.32 bits per heavy atom. The Bertz CT molecular complexity index is 553. The highest BCUT2D eigenvalue weighted by Crippen LogP contribution is 2.46. The quantitative estimate of drug-likeness (QED) is 0.710. The summed E-state index contributed by atoms with van der Waals surface area (Å²) in [6.45, 7) is 6.26. The second-order valence-electron chi connectivity index (χ2n) is 5.51. The van der Waals surface area contributed by atoms with Crippen molar-refractivity contribution in [2.75, 3.05) is 5.75 Å². The molecule has 2 nitrogen and oxygen atoms in total. The molecular weight excluding hydrogens is 317 g/mol. The van der Waals surface area contributed by atoms with Gasteiger partial charge in [-0.05, 0) is 31.8 Å². The first-order valence-electron chi connectivity index (χ1n) is 6.01. The van der Waals surface area contributed by atoms with E-state index in [0.29, 0.717) is 16.5 Å². The smallest absolute Gasteiger partial charge is 0.186 e. The van der Waals surface area contributed by atoms with Crippen LogP contribution in [0.3, 0.4) is 0 Å². The van der Waals surface area contributed by atoms with Crippen LogP contribution in [0.2, 0.25) is 29.7 Å². The first kappa shape index (κ1) is 15.2. The van der Waals surface area contributed by atoms with Crippen molar-refractivity contribution in [3.63, 3.8) is 0 Å². The Morgan fingerprint density at radius 3 is 2.53 bits per heavy atom. The summed E-state index contributed by atoms with van der Waals surface area (Å²) in [5.74, 6) is 0.850. The lowest BCUT2D eigenvalue weighted by Crippen LogP contribution is -2.41. The Labute approximate surface area is 129 Å². The molecule has 1 atom stereocenters. The van der Waals surface area contributed by atoms with Gasteiger partial charge in [0.25, 0.3) is 0 Å². The van der Waals surface area contributed by atoms with Crippen LogP contribution >= 0.6 is 35.0 Å². The van der Waals surface area contributed by atoms with Gasteiger partial charge in [-0.1, -0.05) is 23.2 Å². The standard InChI is InChI=1S/C13H15Cl2NOSSi/c1-19(2,3)17-13(8-16)4-5-18-12-7-11(15)10(14)6-9(12)13/h6-7H,4-5H2,1-3H3. The van der Waals surface area contributed by atoms with Crippen molar-refractivity contribution in [1.82, 2.24) is 0 Å². The molecule has 0 bridgehead atoms. The number of hydrogen-bond acceptors (Lipinski definition) is 3. The predicted molar refractivity (Wildman–Crippen MR) is 83.5 cm³/mol. The molecule has 1 aromatic rings. The SMILES string of the molecule is C[Si](C)(C)OC1(C#N)CCSc2cc(Cl)c(Cl)cc21. The third-order valence-corrected chi connectivity index (χ3v) is 5.57. The highest BCUT2D eigenvalue weighted by Gasteiger charge is 2.42. The lowest BCUT2D eigenvalue weighted by Gasteiger charge is -2.38. The number of fused-ring (bicyclic) bond motifs is 1. The van der Waals surface area contributed by atoms with Crippen molar-refractivity contribution in [2.24, 2.45) is 0 Å². The Hall–Kier alpha value is -0.183. The molecule has 102 valence electrons. The fourth-order valence-electron chi connectivity index (χ4n) is 2.17. The van der Waals surface area contributed by atoms with Crippen LogP contribution in [0.15, 0.2) is 17.0 Å². The Kier molecular flexibility index (Phi) is 4.25. The minimum Gasteiger partial charge on any atom is -0.396 e. The number of thioether (sulfide) groups is 1. The molecule has 1 aliphatic rings. The zero-order valence-electron chi connectivity index (χ0n) is 11.1. The van der Waals surface area contributed by atoms with E-state index in [9.17, 15) is 5.26 Å². The van der Waals surface area contributed by atoms with Crippen molar-refractivity contribution in [2.45, 2.75) is 36.6 Å². The molecule has 2 rings (SSSR count). The molecule has 0 aromatic heterocycles. The molecule has 0 aliphatic carbocycles. The first-order valence-corrected chi connectivity index (χ1v) is 11.2. The van der Waals surface area contributed by atoms with Gasteiger partial charge in [0.15, 0.2) is 13.9 Å². The van der Waals surface area contributed by atoms with Crippen molar-refractivity contribution < 1.29 is 4.43 Å². The normalized spacial score (nSPS) is 22.7. The molecule has 6 heteroatoms. The van der Waals surface area contributed by atoms with E-state index < -0.39 is 13.9 Å². The molecule has 1 unspecified atom stereocenters. The van der Waals surface area contributed by atoms with Gasteiger partial charge in [-0.25, -0.2) is 0 Å². The monoisotopic (exact) mass is 331 g/mol. The maximum Gasteiger partial charge on any atom is 0.186 e. The topological polar surface area (TPSA) is 33.0 Å². The molecule has 0 fully saturated rings. The minimum absolute atomic E-state index is 0.474. The maximum atomic E-state index is 9.67. The van der Waals surface area contributed by atoms with Gasteiger partial charge in [0.05, 0.1) is 10.0 Å². The molecule has 0 spiro atoms. The van der Waals surface area contributed by atoms with Gasteiger partial charge >= 0.3 is 0 Å². The van der Waals surface area contributed by atoms with Crippen LogP contribution in [0.4, 0.5) is 0 Å². The summed E-state index contributed by atoms with van der Waals surface area (Å²) in [7, 11) is -1.85. The van der Waals surface area contributed by atoms with Crippen molar-refractivity contribution >= 4 is 43.3 Å². The number of halogens is 2. The van der Waals surface area contributed by atoms with Crippen LogP contribution < -0.4 is 0 Å². The third-order valence-electron chi connectivity index (χ3n) is 2.83. The zero-order valence-corrected chi connectivity index (χ0v) is 14.4. The summed E-state index contributed by atoms with van der Waals surface area (Å²) >= 11 is 13.9. The van der Waals surface area contributed by atoms with Gasteiger partial charge in [0.2, 0.25) is 0 Å². The molecule has 1 heterocycles. The predicted octanol–water partition coefficient (Wildman–Crippen LogP) is 5.06. The number of nitrogens with zero attached hydrogens (tertiary/aromatic N) is 1. The van der Waals surface area contributed by atoms with Crippen molar-refractivity contribution in [3.8, 4) is 6.07 Å². The molecule has 0 amide bonds. The second-order valence-corrected chi connectivity index (χ2v) is 11.9. The number of benzene rings is 1. The molecule has 1 aliphatic heterocycles. The minimum atomic E-state index is -1.85. The largest absolute Gasteiger partial charge is 0.396 e. The highest BCUT2D eigenvalue weighted by molar-refractivity contribution is 7.99. The molecule has 0 saturated carbocycles. The molecule has 0 N–H and O–H groups in total. The van der Waals surface area contributed by atoms with E-state index in [-0.39, 0.29) is 0 Å². The molecule has 1 aromatic carbocycles. The van der Waals surface area contributed by atoms with Crippen LogP contribution in [0.1, 0.15) is 12.0 Å². The summed E-state index contributed by atoms with van der Waals surface area (Å²) in [5, 5.41) is 10.7. The van der Waals surface area contributed by atoms with E-state index >= 15 is 0 Å². The van der Waals surface area contributed by atoms with Crippen LogP contribution in [0.25, 0.3) is 0 Å². The van der Waals surface area contributed by atoms with Gasteiger partial charge in [-0.15, -0.1) is 11.8 Å². The maximum absolute atomic E-state index is 9.67. The van der Waals surface area contributed by atoms with E-state index in [1.165, 1.54) is 0 Å². The summed E-state index contributed by atoms with van der Waals surface area (Å²) in [6.07, 6.45) is 0.684. The van der Waals surface area contributed by atoms with Crippen molar-refractivity contribution in [1.29, 1.82) is 5.26 Å². The molecule has 0 radical (unpaired) electrons. The average molecular weight is 332 g/mol. The van der Waals surface area contributed by atoms with Gasteiger partial charge in [0.1, 0.15) is 6.07 Å². The van der Waals surface area contributed by atoms with Gasteiger partial charge < -0.3 is 4.43 Å². The van der Waals surface area contributed by atoms with E-state index in [1.54, 1.807) is 17.8 Å². The van der Waals surface area contributed by atoms with Crippen LogP contribution in [0, 0.1) is 11.3 Å². The van der Waals surface area contributed by atoms with Gasteiger partial charge in [-0.3, -0.25) is 0 Å². The van der Waals surface area contributed by atoms with Gasteiger partial charge in [-0.2, -0.15) is 5.26 Å². The van der Waals surface area contributed by atoms with Crippen molar-refractivity contribution in [3.05, 3.63) is 27.7 Å². The van der Waals surface area contributed by atoms with E-state index in [2.05, 4.69) is 25.7 Å². The lowest BCUT2D eigenvalue weighted by molar-refractivity contribution is 0.111. The van der Waals surface area contributed by atoms with Crippen LogP contribution in [-0.4, -0.2) is 14.1 Å². The molecular formula is C13H15Cl2NOSSi. The number of nitriles is 1. The first-order chi connectivity index (χ1) is 8.77.